The Morgan fingerprint density at radius 3 is 2.45 bits per heavy atom. The standard InChI is InChI=1S/C16H20FN5/c1-11(2)16-19-14(9-15(20-16)22(3)4)21-18-10-12-5-7-13(17)8-6-12/h5-11H,1-4H3,(H,19,20,21)/b18-10-. The highest BCUT2D eigenvalue weighted by Gasteiger charge is 2.08. The van der Waals surface area contributed by atoms with Crippen molar-refractivity contribution < 1.29 is 4.39 Å². The van der Waals surface area contributed by atoms with Gasteiger partial charge in [0, 0.05) is 26.1 Å². The molecule has 22 heavy (non-hydrogen) atoms. The molecule has 5 nitrogen and oxygen atoms in total. The van der Waals surface area contributed by atoms with Crippen LogP contribution in [0.25, 0.3) is 0 Å². The van der Waals surface area contributed by atoms with E-state index >= 15 is 0 Å². The maximum atomic E-state index is 12.8. The molecule has 0 atom stereocenters. The van der Waals surface area contributed by atoms with Gasteiger partial charge in [-0.2, -0.15) is 5.10 Å². The molecule has 0 unspecified atom stereocenters. The molecule has 1 heterocycles. The van der Waals surface area contributed by atoms with Gasteiger partial charge in [-0.15, -0.1) is 0 Å². The first-order valence-corrected chi connectivity index (χ1v) is 7.06. The van der Waals surface area contributed by atoms with Gasteiger partial charge in [-0.3, -0.25) is 5.43 Å². The summed E-state index contributed by atoms with van der Waals surface area (Å²) in [6.07, 6.45) is 1.62. The summed E-state index contributed by atoms with van der Waals surface area (Å²) in [7, 11) is 3.86. The fourth-order valence-electron chi connectivity index (χ4n) is 1.72. The average Bonchev–Trinajstić information content (AvgIpc) is 2.49. The highest BCUT2D eigenvalue weighted by Crippen LogP contribution is 2.18. The third-order valence-electron chi connectivity index (χ3n) is 2.97. The number of hydrogen-bond donors (Lipinski definition) is 1. The zero-order valence-electron chi connectivity index (χ0n) is 13.2. The Labute approximate surface area is 129 Å². The van der Waals surface area contributed by atoms with Crippen molar-refractivity contribution in [3.8, 4) is 0 Å². The van der Waals surface area contributed by atoms with Gasteiger partial charge in [0.25, 0.3) is 0 Å². The molecule has 0 amide bonds. The summed E-state index contributed by atoms with van der Waals surface area (Å²) in [6, 6.07) is 7.94. The van der Waals surface area contributed by atoms with Crippen molar-refractivity contribution in [2.24, 2.45) is 5.10 Å². The summed E-state index contributed by atoms with van der Waals surface area (Å²) in [5, 5.41) is 4.14. The van der Waals surface area contributed by atoms with E-state index in [1.165, 1.54) is 12.1 Å². The first-order chi connectivity index (χ1) is 10.5. The predicted molar refractivity (Wildman–Crippen MR) is 88.1 cm³/mol. The summed E-state index contributed by atoms with van der Waals surface area (Å²) in [4.78, 5) is 10.8. The van der Waals surface area contributed by atoms with E-state index in [2.05, 4.69) is 20.5 Å². The van der Waals surface area contributed by atoms with Crippen LogP contribution in [0.3, 0.4) is 0 Å². The number of hydrogen-bond acceptors (Lipinski definition) is 5. The second-order valence-corrected chi connectivity index (χ2v) is 5.44. The minimum Gasteiger partial charge on any atom is -0.363 e. The summed E-state index contributed by atoms with van der Waals surface area (Å²) in [6.45, 7) is 4.08. The summed E-state index contributed by atoms with van der Waals surface area (Å²) in [5.74, 6) is 2.16. The Morgan fingerprint density at radius 1 is 1.18 bits per heavy atom. The van der Waals surface area contributed by atoms with Crippen molar-refractivity contribution in [3.05, 3.63) is 47.5 Å². The van der Waals surface area contributed by atoms with Gasteiger partial charge in [0.15, 0.2) is 5.82 Å². The molecular formula is C16H20FN5. The molecule has 0 spiro atoms. The van der Waals surface area contributed by atoms with Crippen molar-refractivity contribution in [2.45, 2.75) is 19.8 Å². The highest BCUT2D eigenvalue weighted by atomic mass is 19.1. The van der Waals surface area contributed by atoms with Crippen molar-refractivity contribution in [2.75, 3.05) is 24.4 Å². The lowest BCUT2D eigenvalue weighted by Crippen LogP contribution is -2.13. The van der Waals surface area contributed by atoms with Crippen molar-refractivity contribution in [1.29, 1.82) is 0 Å². The molecule has 116 valence electrons. The number of benzene rings is 1. The van der Waals surface area contributed by atoms with Gasteiger partial charge in [0.05, 0.1) is 6.21 Å². The van der Waals surface area contributed by atoms with E-state index in [0.717, 1.165) is 17.2 Å². The van der Waals surface area contributed by atoms with Crippen molar-refractivity contribution in [3.63, 3.8) is 0 Å². The largest absolute Gasteiger partial charge is 0.363 e. The molecule has 1 aromatic carbocycles. The maximum absolute atomic E-state index is 12.8. The van der Waals surface area contributed by atoms with E-state index in [0.29, 0.717) is 5.82 Å². The lowest BCUT2D eigenvalue weighted by molar-refractivity contribution is 0.628. The van der Waals surface area contributed by atoms with Crippen LogP contribution in [0.2, 0.25) is 0 Å². The van der Waals surface area contributed by atoms with Gasteiger partial charge in [0.2, 0.25) is 0 Å². The molecule has 0 radical (unpaired) electrons. The van der Waals surface area contributed by atoms with Gasteiger partial charge < -0.3 is 4.90 Å². The van der Waals surface area contributed by atoms with Crippen LogP contribution in [0.1, 0.15) is 31.2 Å². The Balaban J connectivity index is 2.16. The fraction of sp³-hybridized carbons (Fsp3) is 0.312. The molecule has 0 fully saturated rings. The summed E-state index contributed by atoms with van der Waals surface area (Å²) >= 11 is 0. The van der Waals surface area contributed by atoms with E-state index in [9.17, 15) is 4.39 Å². The molecule has 0 aliphatic rings. The van der Waals surface area contributed by atoms with Crippen LogP contribution < -0.4 is 10.3 Å². The second kappa shape index (κ2) is 6.98. The van der Waals surface area contributed by atoms with Crippen molar-refractivity contribution >= 4 is 17.9 Å². The number of rotatable bonds is 5. The molecule has 1 N–H and O–H groups in total. The van der Waals surface area contributed by atoms with Crippen LogP contribution in [0.5, 0.6) is 0 Å². The SMILES string of the molecule is CC(C)c1nc(N/N=C\c2ccc(F)cc2)cc(N(C)C)n1. The van der Waals surface area contributed by atoms with Crippen LogP contribution in [0, 0.1) is 5.82 Å². The average molecular weight is 301 g/mol. The van der Waals surface area contributed by atoms with Crippen LogP contribution >= 0.6 is 0 Å². The predicted octanol–water partition coefficient (Wildman–Crippen LogP) is 3.25. The number of anilines is 2. The first kappa shape index (κ1) is 15.9. The summed E-state index contributed by atoms with van der Waals surface area (Å²) < 4.78 is 12.8. The normalized spacial score (nSPS) is 11.2. The lowest BCUT2D eigenvalue weighted by Gasteiger charge is -2.15. The third kappa shape index (κ3) is 4.25. The fourth-order valence-corrected chi connectivity index (χ4v) is 1.72. The number of hydrazone groups is 1. The molecule has 0 saturated carbocycles. The number of nitrogens with zero attached hydrogens (tertiary/aromatic N) is 4. The Morgan fingerprint density at radius 2 is 1.86 bits per heavy atom. The van der Waals surface area contributed by atoms with Crippen LogP contribution in [0.15, 0.2) is 35.4 Å². The quantitative estimate of drug-likeness (QED) is 0.680. The summed E-state index contributed by atoms with van der Waals surface area (Å²) in [5.41, 5.74) is 3.70. The number of halogens is 1. The highest BCUT2D eigenvalue weighted by molar-refractivity contribution is 5.80. The molecule has 0 aliphatic carbocycles. The first-order valence-electron chi connectivity index (χ1n) is 7.06. The monoisotopic (exact) mass is 301 g/mol. The zero-order valence-corrected chi connectivity index (χ0v) is 13.2. The smallest absolute Gasteiger partial charge is 0.152 e. The molecule has 1 aromatic heterocycles. The Hall–Kier alpha value is -2.50. The van der Waals surface area contributed by atoms with E-state index in [1.807, 2.05) is 38.9 Å². The molecule has 2 rings (SSSR count). The number of nitrogens with one attached hydrogen (secondary N) is 1. The molecule has 0 bridgehead atoms. The molecule has 0 saturated heterocycles. The van der Waals surface area contributed by atoms with Gasteiger partial charge in [0.1, 0.15) is 17.5 Å². The molecule has 2 aromatic rings. The van der Waals surface area contributed by atoms with Crippen LogP contribution in [0.4, 0.5) is 16.0 Å². The van der Waals surface area contributed by atoms with Crippen LogP contribution in [-0.2, 0) is 0 Å². The Bertz CT molecular complexity index is 624. The third-order valence-corrected chi connectivity index (χ3v) is 2.97. The maximum Gasteiger partial charge on any atom is 0.152 e. The zero-order chi connectivity index (χ0) is 16.1. The van der Waals surface area contributed by atoms with Gasteiger partial charge in [-0.1, -0.05) is 26.0 Å². The molecular weight excluding hydrogens is 281 g/mol. The van der Waals surface area contributed by atoms with E-state index < -0.39 is 0 Å². The molecule has 0 aliphatic heterocycles. The van der Waals surface area contributed by atoms with E-state index in [1.54, 1.807) is 18.3 Å². The lowest BCUT2D eigenvalue weighted by atomic mass is 10.2. The minimum atomic E-state index is -0.266. The van der Waals surface area contributed by atoms with Gasteiger partial charge in [-0.05, 0) is 17.7 Å². The van der Waals surface area contributed by atoms with E-state index in [-0.39, 0.29) is 11.7 Å². The topological polar surface area (TPSA) is 53.4 Å². The minimum absolute atomic E-state index is 0.224. The van der Waals surface area contributed by atoms with Crippen LogP contribution in [-0.4, -0.2) is 30.3 Å². The van der Waals surface area contributed by atoms with Gasteiger partial charge >= 0.3 is 0 Å². The number of aromatic nitrogens is 2. The molecule has 6 heteroatoms. The van der Waals surface area contributed by atoms with E-state index in [4.69, 9.17) is 0 Å². The van der Waals surface area contributed by atoms with Crippen molar-refractivity contribution in [1.82, 2.24) is 9.97 Å². The van der Waals surface area contributed by atoms with Gasteiger partial charge in [-0.25, -0.2) is 14.4 Å². The Kier molecular flexibility index (Phi) is 5.04. The second-order valence-electron chi connectivity index (χ2n) is 5.44.